The Kier molecular flexibility index (Phi) is 4.48. The van der Waals surface area contributed by atoms with Crippen LogP contribution in [0.2, 0.25) is 0 Å². The Morgan fingerprint density at radius 2 is 2.04 bits per heavy atom. The van der Waals surface area contributed by atoms with Gasteiger partial charge in [-0.15, -0.1) is 0 Å². The average molecular weight is 360 g/mol. The number of carboxylic acid groups (broad SMARTS) is 1. The highest BCUT2D eigenvalue weighted by Gasteiger charge is 2.35. The summed E-state index contributed by atoms with van der Waals surface area (Å²) in [6, 6.07) is 7.35. The van der Waals surface area contributed by atoms with Crippen LogP contribution in [0.4, 0.5) is 14.9 Å². The molecule has 0 spiro atoms. The number of anilines is 1. The van der Waals surface area contributed by atoms with Crippen LogP contribution < -0.4 is 10.2 Å². The summed E-state index contributed by atoms with van der Waals surface area (Å²) in [5.74, 6) is -0.0981. The summed E-state index contributed by atoms with van der Waals surface area (Å²) in [4.78, 5) is 13.3. The Morgan fingerprint density at radius 1 is 1.28 bits per heavy atom. The molecule has 25 heavy (non-hydrogen) atoms. The molecule has 3 heterocycles. The maximum atomic E-state index is 13.9. The molecule has 132 valence electrons. The van der Waals surface area contributed by atoms with Crippen molar-refractivity contribution < 1.29 is 14.3 Å². The Balaban J connectivity index is 1.65. The SMILES string of the molecule is O=C(O)N(CC1C[C@H]2CC[C@@H](C1)N2)c1cc(F)ccc1-c1ccsc1. The third-order valence-corrected chi connectivity index (χ3v) is 6.01. The van der Waals surface area contributed by atoms with Crippen molar-refractivity contribution >= 4 is 23.1 Å². The first-order valence-corrected chi connectivity index (χ1v) is 9.63. The second-order valence-corrected chi connectivity index (χ2v) is 7.82. The largest absolute Gasteiger partial charge is 0.465 e. The molecule has 1 amide bonds. The molecule has 1 aromatic heterocycles. The highest BCUT2D eigenvalue weighted by atomic mass is 32.1. The number of amides is 1. The summed E-state index contributed by atoms with van der Waals surface area (Å²) in [7, 11) is 0. The topological polar surface area (TPSA) is 52.6 Å². The predicted octanol–water partition coefficient (Wildman–Crippen LogP) is 4.57. The molecule has 1 unspecified atom stereocenters. The number of piperidine rings is 1. The van der Waals surface area contributed by atoms with Crippen LogP contribution in [0.5, 0.6) is 0 Å². The van der Waals surface area contributed by atoms with E-state index >= 15 is 0 Å². The minimum Gasteiger partial charge on any atom is -0.465 e. The molecule has 0 radical (unpaired) electrons. The van der Waals surface area contributed by atoms with Gasteiger partial charge < -0.3 is 10.4 Å². The number of nitrogens with one attached hydrogen (secondary N) is 1. The van der Waals surface area contributed by atoms with Crippen molar-refractivity contribution in [1.29, 1.82) is 0 Å². The van der Waals surface area contributed by atoms with Gasteiger partial charge >= 0.3 is 6.09 Å². The Bertz CT molecular complexity index is 753. The average Bonchev–Trinajstić information content (AvgIpc) is 3.22. The smallest absolute Gasteiger partial charge is 0.411 e. The summed E-state index contributed by atoms with van der Waals surface area (Å²) in [5.41, 5.74) is 2.13. The molecule has 2 saturated heterocycles. The molecule has 2 fully saturated rings. The van der Waals surface area contributed by atoms with Gasteiger partial charge in [0.15, 0.2) is 0 Å². The number of halogens is 1. The standard InChI is InChI=1S/C19H21FN2O2S/c20-14-1-4-17(13-5-6-25-11-13)18(9-14)22(19(23)24)10-12-7-15-2-3-16(8-12)21-15/h1,4-6,9,11-12,15-16,21H,2-3,7-8,10H2,(H,23,24)/t12?,15-,16+. The van der Waals surface area contributed by atoms with Crippen molar-refractivity contribution in [3.05, 3.63) is 40.8 Å². The second kappa shape index (κ2) is 6.77. The Morgan fingerprint density at radius 3 is 2.68 bits per heavy atom. The molecular formula is C19H21FN2O2S. The Labute approximate surface area is 150 Å². The quantitative estimate of drug-likeness (QED) is 0.840. The van der Waals surface area contributed by atoms with E-state index in [2.05, 4.69) is 5.32 Å². The number of hydrogen-bond donors (Lipinski definition) is 2. The van der Waals surface area contributed by atoms with Crippen molar-refractivity contribution in [1.82, 2.24) is 5.32 Å². The van der Waals surface area contributed by atoms with E-state index in [0.29, 0.717) is 30.2 Å². The fourth-order valence-corrected chi connectivity index (χ4v) is 4.91. The van der Waals surface area contributed by atoms with Gasteiger partial charge in [0.25, 0.3) is 0 Å². The lowest BCUT2D eigenvalue weighted by atomic mass is 9.91. The molecule has 1 aromatic carbocycles. The molecule has 2 bridgehead atoms. The number of fused-ring (bicyclic) bond motifs is 2. The van der Waals surface area contributed by atoms with Crippen molar-refractivity contribution in [2.45, 2.75) is 37.8 Å². The maximum absolute atomic E-state index is 13.9. The monoisotopic (exact) mass is 360 g/mol. The van der Waals surface area contributed by atoms with E-state index < -0.39 is 11.9 Å². The lowest BCUT2D eigenvalue weighted by Gasteiger charge is -2.33. The van der Waals surface area contributed by atoms with Gasteiger partial charge in [-0.2, -0.15) is 11.3 Å². The molecule has 2 aliphatic rings. The zero-order valence-corrected chi connectivity index (χ0v) is 14.6. The number of rotatable bonds is 4. The van der Waals surface area contributed by atoms with Gasteiger partial charge in [-0.3, -0.25) is 4.90 Å². The van der Waals surface area contributed by atoms with Crippen LogP contribution in [0.3, 0.4) is 0 Å². The molecule has 4 rings (SSSR count). The maximum Gasteiger partial charge on any atom is 0.411 e. The van der Waals surface area contributed by atoms with Crippen molar-refractivity contribution in [3.8, 4) is 11.1 Å². The molecule has 0 aliphatic carbocycles. The van der Waals surface area contributed by atoms with Gasteiger partial charge in [0.2, 0.25) is 0 Å². The fourth-order valence-electron chi connectivity index (χ4n) is 4.25. The summed E-state index contributed by atoms with van der Waals surface area (Å²) in [6.45, 7) is 0.421. The first kappa shape index (κ1) is 16.5. The van der Waals surface area contributed by atoms with Gasteiger partial charge in [-0.1, -0.05) is 0 Å². The molecule has 2 N–H and O–H groups in total. The van der Waals surface area contributed by atoms with Crippen molar-refractivity contribution in [3.63, 3.8) is 0 Å². The molecule has 4 nitrogen and oxygen atoms in total. The van der Waals surface area contributed by atoms with Crippen molar-refractivity contribution in [2.24, 2.45) is 5.92 Å². The first-order chi connectivity index (χ1) is 12.1. The summed E-state index contributed by atoms with van der Waals surface area (Å²) >= 11 is 1.54. The van der Waals surface area contributed by atoms with E-state index in [1.54, 1.807) is 17.4 Å². The van der Waals surface area contributed by atoms with Crippen LogP contribution in [-0.2, 0) is 0 Å². The Hall–Kier alpha value is -1.92. The lowest BCUT2D eigenvalue weighted by Crippen LogP contribution is -2.43. The highest BCUT2D eigenvalue weighted by molar-refractivity contribution is 7.08. The lowest BCUT2D eigenvalue weighted by molar-refractivity contribution is 0.198. The molecule has 3 atom stereocenters. The van der Waals surface area contributed by atoms with Gasteiger partial charge in [-0.05, 0) is 72.2 Å². The van der Waals surface area contributed by atoms with E-state index in [1.165, 1.54) is 29.9 Å². The number of nitrogens with zero attached hydrogens (tertiary/aromatic N) is 1. The van der Waals surface area contributed by atoms with Crippen LogP contribution >= 0.6 is 11.3 Å². The van der Waals surface area contributed by atoms with Gasteiger partial charge in [-0.25, -0.2) is 9.18 Å². The minimum atomic E-state index is -1.02. The number of benzene rings is 1. The van der Waals surface area contributed by atoms with Crippen LogP contribution in [0, 0.1) is 11.7 Å². The third-order valence-electron chi connectivity index (χ3n) is 5.33. The zero-order valence-electron chi connectivity index (χ0n) is 13.8. The minimum absolute atomic E-state index is 0.313. The van der Waals surface area contributed by atoms with Gasteiger partial charge in [0, 0.05) is 24.2 Å². The molecule has 2 aromatic rings. The van der Waals surface area contributed by atoms with E-state index in [1.807, 2.05) is 16.8 Å². The zero-order chi connectivity index (χ0) is 17.4. The molecule has 2 aliphatic heterocycles. The van der Waals surface area contributed by atoms with Crippen LogP contribution in [-0.4, -0.2) is 29.8 Å². The van der Waals surface area contributed by atoms with Gasteiger partial charge in [0.1, 0.15) is 5.82 Å². The third kappa shape index (κ3) is 3.41. The van der Waals surface area contributed by atoms with E-state index in [9.17, 15) is 14.3 Å². The van der Waals surface area contributed by atoms with Crippen molar-refractivity contribution in [2.75, 3.05) is 11.4 Å². The van der Waals surface area contributed by atoms with Crippen LogP contribution in [0.15, 0.2) is 35.0 Å². The summed E-state index contributed by atoms with van der Waals surface area (Å²) in [6.07, 6.45) is 3.31. The van der Waals surface area contributed by atoms with E-state index in [0.717, 1.165) is 24.0 Å². The van der Waals surface area contributed by atoms with Gasteiger partial charge in [0.05, 0.1) is 5.69 Å². The number of hydrogen-bond acceptors (Lipinski definition) is 3. The highest BCUT2D eigenvalue weighted by Crippen LogP contribution is 2.36. The first-order valence-electron chi connectivity index (χ1n) is 8.69. The molecular weight excluding hydrogens is 339 g/mol. The second-order valence-electron chi connectivity index (χ2n) is 7.04. The number of carbonyl (C=O) groups is 1. The van der Waals surface area contributed by atoms with E-state index in [-0.39, 0.29) is 0 Å². The summed E-state index contributed by atoms with van der Waals surface area (Å²) in [5, 5.41) is 17.3. The fraction of sp³-hybridized carbons (Fsp3) is 0.421. The molecule has 0 saturated carbocycles. The number of thiophene rings is 1. The molecule has 6 heteroatoms. The van der Waals surface area contributed by atoms with Crippen LogP contribution in [0.1, 0.15) is 25.7 Å². The normalized spacial score (nSPS) is 25.1. The predicted molar refractivity (Wildman–Crippen MR) is 97.8 cm³/mol. The van der Waals surface area contributed by atoms with E-state index in [4.69, 9.17) is 0 Å². The summed E-state index contributed by atoms with van der Waals surface area (Å²) < 4.78 is 13.9. The van der Waals surface area contributed by atoms with Crippen LogP contribution in [0.25, 0.3) is 11.1 Å².